The molecule has 2 unspecified atom stereocenters. The molecule has 2 fully saturated rings. The Kier molecular flexibility index (Phi) is 5.27. The Morgan fingerprint density at radius 2 is 1.95 bits per heavy atom. The van der Waals surface area contributed by atoms with Crippen molar-refractivity contribution in [3.63, 3.8) is 0 Å². The molecule has 2 aliphatic rings. The molecule has 2 atom stereocenters. The first kappa shape index (κ1) is 15.3. The van der Waals surface area contributed by atoms with Gasteiger partial charge in [-0.05, 0) is 25.7 Å². The van der Waals surface area contributed by atoms with Gasteiger partial charge in [-0.2, -0.15) is 0 Å². The molecule has 2 rings (SSSR count). The summed E-state index contributed by atoms with van der Waals surface area (Å²) in [5.41, 5.74) is 0.394. The highest BCUT2D eigenvalue weighted by molar-refractivity contribution is 5.00. The van der Waals surface area contributed by atoms with Crippen molar-refractivity contribution in [3.8, 4) is 0 Å². The van der Waals surface area contributed by atoms with Crippen LogP contribution >= 0.6 is 0 Å². The fourth-order valence-corrected chi connectivity index (χ4v) is 3.89. The molecule has 1 N–H and O–H groups in total. The predicted molar refractivity (Wildman–Crippen MR) is 80.5 cm³/mol. The molecule has 0 aromatic rings. The number of hydrogen-bond donors (Lipinski definition) is 1. The lowest BCUT2D eigenvalue weighted by Crippen LogP contribution is -2.67. The zero-order valence-corrected chi connectivity index (χ0v) is 13.2. The minimum absolute atomic E-state index is 0.394. The summed E-state index contributed by atoms with van der Waals surface area (Å²) in [6.45, 7) is 10.2. The Hall–Kier alpha value is -0.120. The average Bonchev–Trinajstić information content (AvgIpc) is 2.40. The van der Waals surface area contributed by atoms with Gasteiger partial charge in [0, 0.05) is 37.8 Å². The molecule has 1 saturated heterocycles. The van der Waals surface area contributed by atoms with Crippen LogP contribution < -0.4 is 5.32 Å². The van der Waals surface area contributed by atoms with Gasteiger partial charge >= 0.3 is 0 Å². The number of methoxy groups -OCH3 is 1. The van der Waals surface area contributed by atoms with E-state index in [4.69, 9.17) is 4.74 Å². The Bertz CT molecular complexity index is 274. The summed E-state index contributed by atoms with van der Waals surface area (Å²) < 4.78 is 5.48. The van der Waals surface area contributed by atoms with E-state index in [1.54, 1.807) is 0 Å². The van der Waals surface area contributed by atoms with Gasteiger partial charge in [0.1, 0.15) is 0 Å². The molecule has 0 amide bonds. The molecular weight excluding hydrogens is 236 g/mol. The predicted octanol–water partition coefficient (Wildman–Crippen LogP) is 2.65. The Morgan fingerprint density at radius 1 is 1.26 bits per heavy atom. The molecule has 1 heterocycles. The van der Waals surface area contributed by atoms with Gasteiger partial charge in [-0.15, -0.1) is 0 Å². The molecule has 3 heteroatoms. The van der Waals surface area contributed by atoms with E-state index in [-0.39, 0.29) is 0 Å². The first-order chi connectivity index (χ1) is 9.08. The lowest BCUT2D eigenvalue weighted by Gasteiger charge is -2.52. The van der Waals surface area contributed by atoms with Gasteiger partial charge in [-0.1, -0.05) is 33.1 Å². The molecule has 1 spiro atoms. The van der Waals surface area contributed by atoms with Gasteiger partial charge in [-0.3, -0.25) is 4.90 Å². The minimum Gasteiger partial charge on any atom is -0.383 e. The quantitative estimate of drug-likeness (QED) is 0.848. The highest BCUT2D eigenvalue weighted by Gasteiger charge is 2.41. The van der Waals surface area contributed by atoms with Crippen molar-refractivity contribution < 1.29 is 4.74 Å². The van der Waals surface area contributed by atoms with E-state index in [2.05, 4.69) is 31.0 Å². The topological polar surface area (TPSA) is 24.5 Å². The minimum atomic E-state index is 0.394. The zero-order chi connectivity index (χ0) is 13.9. The van der Waals surface area contributed by atoms with Crippen LogP contribution in [-0.4, -0.2) is 49.3 Å². The van der Waals surface area contributed by atoms with Crippen LogP contribution in [-0.2, 0) is 4.74 Å². The van der Waals surface area contributed by atoms with E-state index in [1.165, 1.54) is 38.6 Å². The Balaban J connectivity index is 2.08. The third kappa shape index (κ3) is 3.50. The fraction of sp³-hybridized carbons (Fsp3) is 1.00. The number of nitrogens with one attached hydrogen (secondary N) is 1. The van der Waals surface area contributed by atoms with Gasteiger partial charge in [0.2, 0.25) is 0 Å². The van der Waals surface area contributed by atoms with Gasteiger partial charge in [0.25, 0.3) is 0 Å². The lowest BCUT2D eigenvalue weighted by molar-refractivity contribution is -0.0140. The molecule has 1 saturated carbocycles. The largest absolute Gasteiger partial charge is 0.383 e. The summed E-state index contributed by atoms with van der Waals surface area (Å²) in [7, 11) is 1.83. The van der Waals surface area contributed by atoms with Gasteiger partial charge in [0.15, 0.2) is 0 Å². The zero-order valence-electron chi connectivity index (χ0n) is 13.2. The molecule has 3 nitrogen and oxygen atoms in total. The van der Waals surface area contributed by atoms with Crippen LogP contribution in [0.3, 0.4) is 0 Å². The summed E-state index contributed by atoms with van der Waals surface area (Å²) in [6.07, 6.45) is 6.92. The van der Waals surface area contributed by atoms with Crippen LogP contribution in [0.15, 0.2) is 0 Å². The third-order valence-corrected chi connectivity index (χ3v) is 5.17. The number of hydrogen-bond acceptors (Lipinski definition) is 3. The highest BCUT2D eigenvalue weighted by Crippen LogP contribution is 2.33. The van der Waals surface area contributed by atoms with E-state index in [0.717, 1.165) is 13.2 Å². The molecule has 112 valence electrons. The second-order valence-corrected chi connectivity index (χ2v) is 7.01. The average molecular weight is 268 g/mol. The van der Waals surface area contributed by atoms with Crippen molar-refractivity contribution in [1.29, 1.82) is 0 Å². The molecule has 1 aliphatic carbocycles. The molecule has 0 radical (unpaired) electrons. The summed E-state index contributed by atoms with van der Waals surface area (Å²) >= 11 is 0. The van der Waals surface area contributed by atoms with Crippen LogP contribution in [0.4, 0.5) is 0 Å². The number of nitrogens with zero attached hydrogens (tertiary/aromatic N) is 1. The van der Waals surface area contributed by atoms with Crippen molar-refractivity contribution in [2.45, 2.75) is 70.5 Å². The number of rotatable bonds is 4. The maximum atomic E-state index is 5.48. The molecule has 1 aliphatic heterocycles. The van der Waals surface area contributed by atoms with Gasteiger partial charge < -0.3 is 10.1 Å². The van der Waals surface area contributed by atoms with Crippen LogP contribution in [0.25, 0.3) is 0 Å². The Morgan fingerprint density at radius 3 is 2.53 bits per heavy atom. The van der Waals surface area contributed by atoms with E-state index in [0.29, 0.717) is 23.5 Å². The first-order valence-corrected chi connectivity index (χ1v) is 8.08. The van der Waals surface area contributed by atoms with Crippen LogP contribution in [0.2, 0.25) is 0 Å². The summed E-state index contributed by atoms with van der Waals surface area (Å²) in [6, 6.07) is 1.18. The monoisotopic (exact) mass is 268 g/mol. The van der Waals surface area contributed by atoms with E-state index < -0.39 is 0 Å². The van der Waals surface area contributed by atoms with E-state index >= 15 is 0 Å². The number of piperazine rings is 1. The van der Waals surface area contributed by atoms with Crippen molar-refractivity contribution >= 4 is 0 Å². The maximum Gasteiger partial charge on any atom is 0.0620 e. The van der Waals surface area contributed by atoms with Crippen LogP contribution in [0.1, 0.15) is 52.9 Å². The fourth-order valence-electron chi connectivity index (χ4n) is 3.89. The molecule has 19 heavy (non-hydrogen) atoms. The van der Waals surface area contributed by atoms with E-state index in [9.17, 15) is 0 Å². The molecule has 0 bridgehead atoms. The molecule has 0 aromatic carbocycles. The SMILES string of the molecule is COCC(C(C)C)N1CC2(CCCCC2)NCC1C. The highest BCUT2D eigenvalue weighted by atomic mass is 16.5. The van der Waals surface area contributed by atoms with Gasteiger partial charge in [0.05, 0.1) is 6.61 Å². The maximum absolute atomic E-state index is 5.48. The molecule has 0 aromatic heterocycles. The van der Waals surface area contributed by atoms with Crippen molar-refractivity contribution in [2.24, 2.45) is 5.92 Å². The Labute approximate surface area is 119 Å². The second kappa shape index (κ2) is 6.55. The first-order valence-electron chi connectivity index (χ1n) is 8.08. The second-order valence-electron chi connectivity index (χ2n) is 7.01. The summed E-state index contributed by atoms with van der Waals surface area (Å²) in [5, 5.41) is 3.87. The standard InChI is InChI=1S/C16H32N2O/c1-13(2)15(11-19-4)18-12-16(17-10-14(18)3)8-6-5-7-9-16/h13-15,17H,5-12H2,1-4H3. The van der Waals surface area contributed by atoms with Gasteiger partial charge in [-0.25, -0.2) is 0 Å². The third-order valence-electron chi connectivity index (χ3n) is 5.17. The van der Waals surface area contributed by atoms with Crippen LogP contribution in [0, 0.1) is 5.92 Å². The number of ether oxygens (including phenoxy) is 1. The van der Waals surface area contributed by atoms with Crippen LogP contribution in [0.5, 0.6) is 0 Å². The summed E-state index contributed by atoms with van der Waals surface area (Å²) in [4.78, 5) is 2.72. The van der Waals surface area contributed by atoms with Crippen molar-refractivity contribution in [2.75, 3.05) is 26.8 Å². The van der Waals surface area contributed by atoms with E-state index in [1.807, 2.05) is 7.11 Å². The lowest BCUT2D eigenvalue weighted by atomic mass is 9.78. The van der Waals surface area contributed by atoms with Crippen molar-refractivity contribution in [3.05, 3.63) is 0 Å². The van der Waals surface area contributed by atoms with Crippen molar-refractivity contribution in [1.82, 2.24) is 10.2 Å². The molecular formula is C16H32N2O. The normalized spacial score (nSPS) is 29.8. The smallest absolute Gasteiger partial charge is 0.0620 e. The summed E-state index contributed by atoms with van der Waals surface area (Å²) in [5.74, 6) is 0.654.